The first kappa shape index (κ1) is 21.6. The van der Waals surface area contributed by atoms with Gasteiger partial charge in [-0.05, 0) is 66.2 Å². The average Bonchev–Trinajstić information content (AvgIpc) is 2.82. The predicted molar refractivity (Wildman–Crippen MR) is 114 cm³/mol. The number of anilines is 1. The van der Waals surface area contributed by atoms with Gasteiger partial charge in [-0.15, -0.1) is 0 Å². The first-order chi connectivity index (χ1) is 15.0. The van der Waals surface area contributed by atoms with Gasteiger partial charge >= 0.3 is 11.9 Å². The van der Waals surface area contributed by atoms with Crippen LogP contribution in [0.3, 0.4) is 0 Å². The number of hydrogen-bond donors (Lipinski definition) is 1. The molecule has 0 radical (unpaired) electrons. The van der Waals surface area contributed by atoms with E-state index in [0.29, 0.717) is 28.1 Å². The maximum absolute atomic E-state index is 12.3. The molecule has 158 valence electrons. The number of methoxy groups -OCH3 is 2. The molecule has 0 saturated carbocycles. The molecule has 0 fully saturated rings. The van der Waals surface area contributed by atoms with Crippen LogP contribution >= 0.6 is 0 Å². The minimum Gasteiger partial charge on any atom is -0.497 e. The number of ether oxygens (including phenoxy) is 3. The predicted octanol–water partition coefficient (Wildman–Crippen LogP) is 4.09. The largest absolute Gasteiger partial charge is 0.497 e. The summed E-state index contributed by atoms with van der Waals surface area (Å²) in [6, 6.07) is 19.7. The van der Waals surface area contributed by atoms with Crippen LogP contribution in [0, 0.1) is 0 Å². The van der Waals surface area contributed by atoms with E-state index in [9.17, 15) is 14.4 Å². The number of amides is 1. The van der Waals surface area contributed by atoms with E-state index in [0.717, 1.165) is 5.56 Å². The molecule has 7 heteroatoms. The smallest absolute Gasteiger partial charge is 0.338 e. The summed E-state index contributed by atoms with van der Waals surface area (Å²) in [4.78, 5) is 36.0. The fourth-order valence-electron chi connectivity index (χ4n) is 2.72. The molecule has 7 nitrogen and oxygen atoms in total. The van der Waals surface area contributed by atoms with Crippen LogP contribution in [-0.2, 0) is 16.1 Å². The number of esters is 2. The molecule has 0 aliphatic rings. The van der Waals surface area contributed by atoms with Crippen LogP contribution in [0.5, 0.6) is 5.75 Å². The zero-order chi connectivity index (χ0) is 22.2. The highest BCUT2D eigenvalue weighted by atomic mass is 16.5. The molecule has 0 aliphatic carbocycles. The Balaban J connectivity index is 1.54. The summed E-state index contributed by atoms with van der Waals surface area (Å²) in [6.07, 6.45) is 0. The van der Waals surface area contributed by atoms with E-state index >= 15 is 0 Å². The van der Waals surface area contributed by atoms with Gasteiger partial charge in [0.1, 0.15) is 12.4 Å². The van der Waals surface area contributed by atoms with Crippen molar-refractivity contribution in [3.05, 3.63) is 95.1 Å². The van der Waals surface area contributed by atoms with Crippen LogP contribution in [-0.4, -0.2) is 32.1 Å². The van der Waals surface area contributed by atoms with Crippen molar-refractivity contribution in [2.75, 3.05) is 19.5 Å². The molecule has 1 N–H and O–H groups in total. The number of rotatable bonds is 7. The number of benzene rings is 3. The van der Waals surface area contributed by atoms with Gasteiger partial charge in [0.2, 0.25) is 0 Å². The van der Waals surface area contributed by atoms with E-state index in [-0.39, 0.29) is 12.5 Å². The van der Waals surface area contributed by atoms with Crippen molar-refractivity contribution in [1.82, 2.24) is 0 Å². The van der Waals surface area contributed by atoms with E-state index in [1.165, 1.54) is 7.11 Å². The Morgan fingerprint density at radius 2 is 1.26 bits per heavy atom. The second-order valence-electron chi connectivity index (χ2n) is 6.52. The zero-order valence-electron chi connectivity index (χ0n) is 17.1. The Labute approximate surface area is 179 Å². The number of hydrogen-bond acceptors (Lipinski definition) is 6. The van der Waals surface area contributed by atoms with Crippen LogP contribution < -0.4 is 10.1 Å². The molecule has 3 aromatic rings. The lowest BCUT2D eigenvalue weighted by atomic mass is 10.1. The maximum Gasteiger partial charge on any atom is 0.338 e. The highest BCUT2D eigenvalue weighted by Crippen LogP contribution is 2.16. The van der Waals surface area contributed by atoms with Crippen molar-refractivity contribution in [2.24, 2.45) is 0 Å². The Hall–Kier alpha value is -4.13. The highest BCUT2D eigenvalue weighted by Gasteiger charge is 2.10. The Bertz CT molecular complexity index is 1060. The molecule has 0 spiro atoms. The van der Waals surface area contributed by atoms with Crippen LogP contribution in [0.25, 0.3) is 0 Å². The molecule has 0 aromatic heterocycles. The quantitative estimate of drug-likeness (QED) is 0.580. The topological polar surface area (TPSA) is 90.9 Å². The molecule has 0 unspecified atom stereocenters. The van der Waals surface area contributed by atoms with E-state index < -0.39 is 11.9 Å². The summed E-state index contributed by atoms with van der Waals surface area (Å²) in [6.45, 7) is 0.0657. The number of carbonyl (C=O) groups is 3. The molecule has 1 amide bonds. The average molecular weight is 419 g/mol. The maximum atomic E-state index is 12.3. The van der Waals surface area contributed by atoms with E-state index in [2.05, 4.69) is 10.1 Å². The third-order valence-corrected chi connectivity index (χ3v) is 4.48. The van der Waals surface area contributed by atoms with Crippen molar-refractivity contribution in [3.8, 4) is 5.75 Å². The van der Waals surface area contributed by atoms with Crippen LogP contribution in [0.1, 0.15) is 36.6 Å². The fourth-order valence-corrected chi connectivity index (χ4v) is 2.72. The van der Waals surface area contributed by atoms with Crippen LogP contribution in [0.4, 0.5) is 5.69 Å². The van der Waals surface area contributed by atoms with Gasteiger partial charge in [-0.2, -0.15) is 0 Å². The summed E-state index contributed by atoms with van der Waals surface area (Å²) in [5.41, 5.74) is 2.56. The van der Waals surface area contributed by atoms with Crippen molar-refractivity contribution in [2.45, 2.75) is 6.61 Å². The standard InChI is InChI=1S/C24H21NO6/c1-29-21-13-9-17(10-14-21)22(26)25-20-11-7-19(8-12-20)24(28)31-15-16-3-5-18(6-4-16)23(27)30-2/h3-14H,15H2,1-2H3,(H,25,26). The molecule has 0 aliphatic heterocycles. The van der Waals surface area contributed by atoms with Gasteiger partial charge in [-0.25, -0.2) is 9.59 Å². The summed E-state index contributed by atoms with van der Waals surface area (Å²) >= 11 is 0. The fraction of sp³-hybridized carbons (Fsp3) is 0.125. The van der Waals surface area contributed by atoms with E-state index in [4.69, 9.17) is 9.47 Å². The van der Waals surface area contributed by atoms with Crippen molar-refractivity contribution in [1.29, 1.82) is 0 Å². The Kier molecular flexibility index (Phi) is 7.01. The first-order valence-electron chi connectivity index (χ1n) is 9.40. The molecule has 3 aromatic carbocycles. The molecule has 31 heavy (non-hydrogen) atoms. The molecule has 0 atom stereocenters. The van der Waals surface area contributed by atoms with Gasteiger partial charge < -0.3 is 19.5 Å². The van der Waals surface area contributed by atoms with Gasteiger partial charge in [-0.1, -0.05) is 12.1 Å². The lowest BCUT2D eigenvalue weighted by molar-refractivity contribution is 0.0471. The van der Waals surface area contributed by atoms with Crippen LogP contribution in [0.2, 0.25) is 0 Å². The minimum absolute atomic E-state index is 0.0657. The molecule has 3 rings (SSSR count). The van der Waals surface area contributed by atoms with Gasteiger partial charge in [-0.3, -0.25) is 4.79 Å². The zero-order valence-corrected chi connectivity index (χ0v) is 17.1. The van der Waals surface area contributed by atoms with Gasteiger partial charge in [0.15, 0.2) is 0 Å². The number of nitrogens with one attached hydrogen (secondary N) is 1. The molecule has 0 heterocycles. The third-order valence-electron chi connectivity index (χ3n) is 4.48. The van der Waals surface area contributed by atoms with E-state index in [1.54, 1.807) is 79.9 Å². The Morgan fingerprint density at radius 3 is 1.84 bits per heavy atom. The monoisotopic (exact) mass is 419 g/mol. The summed E-state index contributed by atoms with van der Waals surface area (Å²) in [5.74, 6) is -0.528. The SMILES string of the molecule is COC(=O)c1ccc(COC(=O)c2ccc(NC(=O)c3ccc(OC)cc3)cc2)cc1. The van der Waals surface area contributed by atoms with Gasteiger partial charge in [0, 0.05) is 11.3 Å². The van der Waals surface area contributed by atoms with Crippen molar-refractivity contribution in [3.63, 3.8) is 0 Å². The lowest BCUT2D eigenvalue weighted by Crippen LogP contribution is -2.12. The van der Waals surface area contributed by atoms with Gasteiger partial charge in [0.25, 0.3) is 5.91 Å². The molecule has 0 bridgehead atoms. The summed E-state index contributed by atoms with van der Waals surface area (Å²) in [5, 5.41) is 2.77. The van der Waals surface area contributed by atoms with Crippen molar-refractivity contribution < 1.29 is 28.6 Å². The van der Waals surface area contributed by atoms with Crippen LogP contribution in [0.15, 0.2) is 72.8 Å². The first-order valence-corrected chi connectivity index (χ1v) is 9.40. The highest BCUT2D eigenvalue weighted by molar-refractivity contribution is 6.04. The second-order valence-corrected chi connectivity index (χ2v) is 6.52. The third kappa shape index (κ3) is 5.70. The van der Waals surface area contributed by atoms with E-state index in [1.807, 2.05) is 0 Å². The second kappa shape index (κ2) is 10.1. The summed E-state index contributed by atoms with van der Waals surface area (Å²) in [7, 11) is 2.87. The molecular weight excluding hydrogens is 398 g/mol. The normalized spacial score (nSPS) is 10.1. The Morgan fingerprint density at radius 1 is 0.710 bits per heavy atom. The summed E-state index contributed by atoms with van der Waals surface area (Å²) < 4.78 is 15.0. The number of carbonyl (C=O) groups excluding carboxylic acids is 3. The molecular formula is C24H21NO6. The van der Waals surface area contributed by atoms with Gasteiger partial charge in [0.05, 0.1) is 25.3 Å². The minimum atomic E-state index is -0.495. The van der Waals surface area contributed by atoms with Crippen molar-refractivity contribution >= 4 is 23.5 Å². The lowest BCUT2D eigenvalue weighted by Gasteiger charge is -2.08. The molecule has 0 saturated heterocycles.